The number of ketones is 1. The predicted octanol–water partition coefficient (Wildman–Crippen LogP) is 4.68. The molecule has 0 spiro atoms. The number of carbonyl (C=O) groups is 2. The standard InChI is InChI=1S/C30H28N4O4/c1-21-5-2-3-6-24(21)19-38-25-9-7-23(8-10-25)28(35)26-27(22-11-13-31-14-12-22)34(30(37)29(26)36)17-4-16-33-18-15-32-20-33/h2-3,5-15,18,20,27,35H,4,16-17,19H2,1H3/t27-/m0/s1. The SMILES string of the molecule is Cc1ccccc1COc1ccc(C(O)=C2C(=O)C(=O)N(CCCn3ccnc3)[C@H]2c2ccncc2)cc1. The van der Waals surface area contributed by atoms with E-state index in [1.807, 2.05) is 42.0 Å². The number of amides is 1. The smallest absolute Gasteiger partial charge is 0.295 e. The third-order valence-corrected chi connectivity index (χ3v) is 6.72. The fourth-order valence-electron chi connectivity index (χ4n) is 4.64. The molecule has 1 saturated heterocycles. The number of rotatable bonds is 9. The van der Waals surface area contributed by atoms with Crippen LogP contribution in [0.3, 0.4) is 0 Å². The van der Waals surface area contributed by atoms with Crippen LogP contribution >= 0.6 is 0 Å². The van der Waals surface area contributed by atoms with Crippen molar-refractivity contribution in [2.75, 3.05) is 6.54 Å². The average Bonchev–Trinajstić information content (AvgIpc) is 3.55. The second-order valence-corrected chi connectivity index (χ2v) is 9.17. The van der Waals surface area contributed by atoms with Crippen LogP contribution in [0.15, 0.2) is 97.4 Å². The van der Waals surface area contributed by atoms with E-state index < -0.39 is 17.7 Å². The maximum absolute atomic E-state index is 13.2. The number of ether oxygens (including phenoxy) is 1. The van der Waals surface area contributed by atoms with Crippen LogP contribution in [0.5, 0.6) is 5.75 Å². The van der Waals surface area contributed by atoms with Crippen LogP contribution in [0.1, 0.15) is 34.7 Å². The van der Waals surface area contributed by atoms with E-state index in [0.29, 0.717) is 43.0 Å². The van der Waals surface area contributed by atoms with E-state index in [4.69, 9.17) is 4.74 Å². The molecule has 192 valence electrons. The second-order valence-electron chi connectivity index (χ2n) is 9.17. The minimum absolute atomic E-state index is 0.0670. The molecule has 1 aliphatic heterocycles. The van der Waals surface area contributed by atoms with Gasteiger partial charge in [-0.2, -0.15) is 0 Å². The number of carbonyl (C=O) groups excluding carboxylic acids is 2. The van der Waals surface area contributed by atoms with Gasteiger partial charge in [-0.05, 0) is 66.4 Å². The minimum atomic E-state index is -0.710. The van der Waals surface area contributed by atoms with Crippen LogP contribution in [0, 0.1) is 6.92 Å². The summed E-state index contributed by atoms with van der Waals surface area (Å²) in [6, 6.07) is 17.7. The first-order valence-corrected chi connectivity index (χ1v) is 12.4. The van der Waals surface area contributed by atoms with Gasteiger partial charge in [-0.25, -0.2) is 4.98 Å². The zero-order valence-corrected chi connectivity index (χ0v) is 21.0. The molecule has 0 unspecified atom stereocenters. The van der Waals surface area contributed by atoms with Crippen LogP contribution in [0.25, 0.3) is 5.76 Å². The summed E-state index contributed by atoms with van der Waals surface area (Å²) in [5, 5.41) is 11.3. The molecule has 1 amide bonds. The Bertz CT molecular complexity index is 1450. The quantitative estimate of drug-likeness (QED) is 0.200. The topological polar surface area (TPSA) is 97.6 Å². The average molecular weight is 509 g/mol. The van der Waals surface area contributed by atoms with Crippen molar-refractivity contribution in [1.82, 2.24) is 19.4 Å². The van der Waals surface area contributed by atoms with E-state index >= 15 is 0 Å². The Morgan fingerprint density at radius 3 is 2.42 bits per heavy atom. The van der Waals surface area contributed by atoms with Crippen LogP contribution in [-0.2, 0) is 22.7 Å². The molecule has 1 atom stereocenters. The maximum Gasteiger partial charge on any atom is 0.295 e. The predicted molar refractivity (Wildman–Crippen MR) is 142 cm³/mol. The molecule has 38 heavy (non-hydrogen) atoms. The minimum Gasteiger partial charge on any atom is -0.507 e. The normalized spacial score (nSPS) is 16.7. The van der Waals surface area contributed by atoms with Gasteiger partial charge in [-0.15, -0.1) is 0 Å². The number of aliphatic hydroxyl groups excluding tert-OH is 1. The van der Waals surface area contributed by atoms with Crippen molar-refractivity contribution in [3.05, 3.63) is 120 Å². The summed E-state index contributed by atoms with van der Waals surface area (Å²) >= 11 is 0. The Morgan fingerprint density at radius 2 is 1.71 bits per heavy atom. The molecule has 4 aromatic rings. The van der Waals surface area contributed by atoms with Gasteiger partial charge in [0, 0.05) is 43.4 Å². The number of hydrogen-bond donors (Lipinski definition) is 1. The van der Waals surface area contributed by atoms with Crippen LogP contribution in [-0.4, -0.2) is 42.8 Å². The molecule has 0 radical (unpaired) electrons. The molecule has 0 saturated carbocycles. The summed E-state index contributed by atoms with van der Waals surface area (Å²) < 4.78 is 7.83. The number of imidazole rings is 1. The van der Waals surface area contributed by atoms with Gasteiger partial charge in [0.05, 0.1) is 17.9 Å². The number of hydrogen-bond acceptors (Lipinski definition) is 6. The van der Waals surface area contributed by atoms with Gasteiger partial charge < -0.3 is 19.3 Å². The number of aryl methyl sites for hydroxylation is 2. The molecule has 1 N–H and O–H groups in total. The number of Topliss-reactive ketones (excluding diaryl/α,β-unsaturated/α-hetero) is 1. The summed E-state index contributed by atoms with van der Waals surface area (Å²) in [5.74, 6) is -0.910. The Hall–Kier alpha value is -4.72. The molecule has 1 fully saturated rings. The van der Waals surface area contributed by atoms with Gasteiger partial charge >= 0.3 is 0 Å². The molecule has 0 bridgehead atoms. The monoisotopic (exact) mass is 508 g/mol. The summed E-state index contributed by atoms with van der Waals surface area (Å²) in [6.45, 7) is 3.45. The second kappa shape index (κ2) is 11.1. The summed E-state index contributed by atoms with van der Waals surface area (Å²) in [4.78, 5) is 35.9. The first-order valence-electron chi connectivity index (χ1n) is 12.4. The van der Waals surface area contributed by atoms with Gasteiger partial charge in [0.2, 0.25) is 0 Å². The molecule has 3 heterocycles. The van der Waals surface area contributed by atoms with Crippen LogP contribution < -0.4 is 4.74 Å². The number of likely N-dealkylation sites (tertiary alicyclic amines) is 1. The van der Waals surface area contributed by atoms with Crippen molar-refractivity contribution in [3.8, 4) is 5.75 Å². The number of pyridine rings is 1. The molecule has 2 aromatic carbocycles. The largest absolute Gasteiger partial charge is 0.507 e. The molecular weight excluding hydrogens is 480 g/mol. The lowest BCUT2D eigenvalue weighted by Gasteiger charge is -2.25. The van der Waals surface area contributed by atoms with Gasteiger partial charge in [0.1, 0.15) is 18.1 Å². The zero-order chi connectivity index (χ0) is 26.5. The summed E-state index contributed by atoms with van der Waals surface area (Å²) in [6.07, 6.45) is 9.11. The first kappa shape index (κ1) is 25.0. The molecule has 1 aliphatic rings. The fraction of sp³-hybridized carbons (Fsp3) is 0.200. The summed E-state index contributed by atoms with van der Waals surface area (Å²) in [5.41, 5.74) is 3.44. The van der Waals surface area contributed by atoms with E-state index in [2.05, 4.69) is 9.97 Å². The van der Waals surface area contributed by atoms with Crippen molar-refractivity contribution >= 4 is 17.4 Å². The van der Waals surface area contributed by atoms with Crippen molar-refractivity contribution < 1.29 is 19.4 Å². The molecule has 5 rings (SSSR count). The molecule has 0 aliphatic carbocycles. The third kappa shape index (κ3) is 5.20. The Labute approximate surface area is 220 Å². The molecule has 8 nitrogen and oxygen atoms in total. The highest BCUT2D eigenvalue weighted by Gasteiger charge is 2.45. The zero-order valence-electron chi connectivity index (χ0n) is 21.0. The summed E-state index contributed by atoms with van der Waals surface area (Å²) in [7, 11) is 0. The lowest BCUT2D eigenvalue weighted by atomic mass is 9.96. The van der Waals surface area contributed by atoms with Crippen LogP contribution in [0.2, 0.25) is 0 Å². The van der Waals surface area contributed by atoms with E-state index in [1.54, 1.807) is 61.3 Å². The van der Waals surface area contributed by atoms with E-state index in [9.17, 15) is 14.7 Å². The number of aliphatic hydroxyl groups is 1. The van der Waals surface area contributed by atoms with Gasteiger partial charge in [0.15, 0.2) is 0 Å². The lowest BCUT2D eigenvalue weighted by Crippen LogP contribution is -2.31. The first-order chi connectivity index (χ1) is 18.5. The number of benzene rings is 2. The van der Waals surface area contributed by atoms with Gasteiger partial charge in [-0.3, -0.25) is 14.6 Å². The highest BCUT2D eigenvalue weighted by atomic mass is 16.5. The van der Waals surface area contributed by atoms with Gasteiger partial charge in [-0.1, -0.05) is 24.3 Å². The number of nitrogens with zero attached hydrogens (tertiary/aromatic N) is 4. The highest BCUT2D eigenvalue weighted by Crippen LogP contribution is 2.39. The van der Waals surface area contributed by atoms with Crippen molar-refractivity contribution in [1.29, 1.82) is 0 Å². The third-order valence-electron chi connectivity index (χ3n) is 6.72. The van der Waals surface area contributed by atoms with E-state index in [-0.39, 0.29) is 11.3 Å². The number of aromatic nitrogens is 3. The molecular formula is C30H28N4O4. The van der Waals surface area contributed by atoms with Crippen molar-refractivity contribution in [2.45, 2.75) is 32.5 Å². The van der Waals surface area contributed by atoms with Crippen molar-refractivity contribution in [2.24, 2.45) is 0 Å². The fourth-order valence-corrected chi connectivity index (χ4v) is 4.64. The lowest BCUT2D eigenvalue weighted by molar-refractivity contribution is -0.139. The Balaban J connectivity index is 1.40. The Morgan fingerprint density at radius 1 is 0.947 bits per heavy atom. The Kier molecular flexibility index (Phi) is 7.31. The van der Waals surface area contributed by atoms with Crippen LogP contribution in [0.4, 0.5) is 0 Å². The van der Waals surface area contributed by atoms with E-state index in [0.717, 1.165) is 11.1 Å². The highest BCUT2D eigenvalue weighted by molar-refractivity contribution is 6.46. The maximum atomic E-state index is 13.2. The molecule has 8 heteroatoms. The molecule has 2 aromatic heterocycles. The van der Waals surface area contributed by atoms with Crippen molar-refractivity contribution in [3.63, 3.8) is 0 Å². The van der Waals surface area contributed by atoms with Gasteiger partial charge in [0.25, 0.3) is 11.7 Å². The van der Waals surface area contributed by atoms with E-state index in [1.165, 1.54) is 4.90 Å².